The van der Waals surface area contributed by atoms with E-state index >= 15 is 0 Å². The Balaban J connectivity index is 1.83. The molecule has 3 aromatic carbocycles. The van der Waals surface area contributed by atoms with Gasteiger partial charge in [-0.2, -0.15) is 0 Å². The molecule has 34 heavy (non-hydrogen) atoms. The lowest BCUT2D eigenvalue weighted by Gasteiger charge is -2.41. The number of carbonyl (C=O) groups excluding carboxylic acids is 1. The molecule has 0 fully saturated rings. The summed E-state index contributed by atoms with van der Waals surface area (Å²) in [7, 11) is 0. The van der Waals surface area contributed by atoms with Crippen molar-refractivity contribution in [1.82, 2.24) is 0 Å². The van der Waals surface area contributed by atoms with Gasteiger partial charge in [0.05, 0.1) is 0 Å². The van der Waals surface area contributed by atoms with Crippen molar-refractivity contribution in [2.24, 2.45) is 0 Å². The first-order valence-corrected chi connectivity index (χ1v) is 12.7. The number of carbonyl (C=O) groups is 1. The summed E-state index contributed by atoms with van der Waals surface area (Å²) in [4.78, 5) is 15.3. The van der Waals surface area contributed by atoms with Crippen LogP contribution in [0.2, 0.25) is 0 Å². The molecule has 0 bridgehead atoms. The molecule has 0 saturated heterocycles. The Kier molecular flexibility index (Phi) is 6.28. The van der Waals surface area contributed by atoms with Crippen LogP contribution in [0.5, 0.6) is 0 Å². The van der Waals surface area contributed by atoms with Gasteiger partial charge in [0.1, 0.15) is 11.6 Å². The maximum absolute atomic E-state index is 13.5. The lowest BCUT2D eigenvalue weighted by atomic mass is 9.73. The largest absolute Gasteiger partial charge is 0.507 e. The van der Waals surface area contributed by atoms with Crippen LogP contribution < -0.4 is 4.90 Å². The number of anilines is 1. The highest BCUT2D eigenvalue weighted by atomic mass is 79.9. The second-order valence-corrected chi connectivity index (χ2v) is 10.2. The Morgan fingerprint density at radius 1 is 0.912 bits per heavy atom. The molecule has 1 aliphatic heterocycles. The summed E-state index contributed by atoms with van der Waals surface area (Å²) in [6.07, 6.45) is 1.90. The molecule has 2 aliphatic rings. The monoisotopic (exact) mass is 576 g/mol. The minimum Gasteiger partial charge on any atom is -0.507 e. The van der Waals surface area contributed by atoms with Crippen LogP contribution in [0, 0.1) is 5.41 Å². The second-order valence-electron chi connectivity index (χ2n) is 8.41. The zero-order valence-corrected chi connectivity index (χ0v) is 21.4. The number of allylic oxidation sites excluding steroid dienone is 2. The molecule has 1 atom stereocenters. The third-order valence-corrected chi connectivity index (χ3v) is 7.35. The van der Waals surface area contributed by atoms with Crippen LogP contribution in [0.25, 0.3) is 5.76 Å². The molecule has 0 aromatic heterocycles. The van der Waals surface area contributed by atoms with Crippen LogP contribution in [-0.2, 0) is 4.79 Å². The summed E-state index contributed by atoms with van der Waals surface area (Å²) >= 11 is 7.03. The molecule has 1 aliphatic carbocycles. The molecule has 0 spiro atoms. The number of hydrogen-bond donors (Lipinski definition) is 2. The number of nitrogens with one attached hydrogen (secondary N) is 1. The number of aliphatic hydroxyl groups is 1. The molecule has 4 nitrogen and oxygen atoms in total. The molecule has 6 heteroatoms. The Morgan fingerprint density at radius 3 is 2.35 bits per heavy atom. The Bertz CT molecular complexity index is 1340. The Morgan fingerprint density at radius 2 is 1.65 bits per heavy atom. The fourth-order valence-electron chi connectivity index (χ4n) is 4.83. The quantitative estimate of drug-likeness (QED) is 0.312. The highest BCUT2D eigenvalue weighted by Crippen LogP contribution is 2.48. The topological polar surface area (TPSA) is 64.4 Å². The molecule has 3 aromatic rings. The smallest absolute Gasteiger partial charge is 0.161 e. The number of ketones is 1. The minimum absolute atomic E-state index is 0.0171. The van der Waals surface area contributed by atoms with E-state index in [-0.39, 0.29) is 17.4 Å². The Labute approximate surface area is 215 Å². The van der Waals surface area contributed by atoms with Gasteiger partial charge in [-0.1, -0.05) is 80.4 Å². The fraction of sp³-hybridized carbons (Fsp3) is 0.143. The van der Waals surface area contributed by atoms with Gasteiger partial charge in [-0.25, -0.2) is 0 Å². The molecule has 0 radical (unpaired) electrons. The summed E-state index contributed by atoms with van der Waals surface area (Å²) in [5, 5.41) is 20.9. The molecular weight excluding hydrogens is 556 g/mol. The first kappa shape index (κ1) is 22.8. The van der Waals surface area contributed by atoms with Crippen LogP contribution in [0.15, 0.2) is 105 Å². The van der Waals surface area contributed by atoms with E-state index in [1.165, 1.54) is 0 Å². The van der Waals surface area contributed by atoms with Crippen LogP contribution in [0.4, 0.5) is 5.69 Å². The standard InChI is InChI=1S/C28H22Br2N2O2/c29-19-14-12-17(13-15-19)24-25-22(10-5-11-23(25)33)32(21-9-4-8-20(30)16-21)28(31)26(24)27(34)18-6-2-1-3-7-18/h1-4,6-9,12-16,24,31,34H,5,10-11H2. The molecular formula is C28H22Br2N2O2. The number of rotatable bonds is 3. The summed E-state index contributed by atoms with van der Waals surface area (Å²) in [5.41, 5.74) is 4.23. The summed E-state index contributed by atoms with van der Waals surface area (Å²) < 4.78 is 1.81. The average molecular weight is 578 g/mol. The van der Waals surface area contributed by atoms with Crippen molar-refractivity contribution in [2.45, 2.75) is 25.2 Å². The molecule has 1 heterocycles. The predicted octanol–water partition coefficient (Wildman–Crippen LogP) is 7.77. The van der Waals surface area contributed by atoms with E-state index in [1.54, 1.807) is 0 Å². The number of benzene rings is 3. The van der Waals surface area contributed by atoms with Gasteiger partial charge in [-0.15, -0.1) is 0 Å². The normalized spacial score (nSPS) is 19.8. The van der Waals surface area contributed by atoms with E-state index in [1.807, 2.05) is 83.8 Å². The molecule has 5 rings (SSSR count). The first-order valence-electron chi connectivity index (χ1n) is 11.1. The maximum atomic E-state index is 13.5. The van der Waals surface area contributed by atoms with Crippen LogP contribution >= 0.6 is 31.9 Å². The van der Waals surface area contributed by atoms with Crippen LogP contribution in [0.1, 0.15) is 36.3 Å². The fourth-order valence-corrected chi connectivity index (χ4v) is 5.48. The van der Waals surface area contributed by atoms with Gasteiger partial charge in [0.15, 0.2) is 5.78 Å². The van der Waals surface area contributed by atoms with Gasteiger partial charge >= 0.3 is 0 Å². The summed E-state index contributed by atoms with van der Waals surface area (Å²) in [5.74, 6) is -0.253. The van der Waals surface area contributed by atoms with Gasteiger partial charge in [0.2, 0.25) is 0 Å². The number of aliphatic hydroxyl groups excluding tert-OH is 1. The molecule has 2 N–H and O–H groups in total. The van der Waals surface area contributed by atoms with E-state index in [4.69, 9.17) is 0 Å². The third-order valence-electron chi connectivity index (χ3n) is 6.33. The molecule has 0 saturated carbocycles. The zero-order chi connectivity index (χ0) is 23.8. The van der Waals surface area contributed by atoms with Crippen molar-refractivity contribution in [3.05, 3.63) is 116 Å². The summed E-state index contributed by atoms with van der Waals surface area (Å²) in [6, 6.07) is 24.8. The third kappa shape index (κ3) is 4.05. The lowest BCUT2D eigenvalue weighted by Crippen LogP contribution is -2.42. The van der Waals surface area contributed by atoms with E-state index in [9.17, 15) is 15.3 Å². The Hall–Kier alpha value is -2.96. The van der Waals surface area contributed by atoms with Crippen molar-refractivity contribution in [1.29, 1.82) is 5.41 Å². The van der Waals surface area contributed by atoms with Gasteiger partial charge in [-0.05, 0) is 48.7 Å². The SMILES string of the molecule is N=C1C(=C(O)c2ccccc2)C(c2ccc(Br)cc2)C2=C(CCCC2=O)N1c1cccc(Br)c1. The van der Waals surface area contributed by atoms with Crippen molar-refractivity contribution in [2.75, 3.05) is 4.90 Å². The number of hydrogen-bond acceptors (Lipinski definition) is 3. The number of amidine groups is 1. The minimum atomic E-state index is -0.521. The van der Waals surface area contributed by atoms with Crippen LogP contribution in [0.3, 0.4) is 0 Å². The van der Waals surface area contributed by atoms with Gasteiger partial charge < -0.3 is 5.11 Å². The zero-order valence-electron chi connectivity index (χ0n) is 18.3. The van der Waals surface area contributed by atoms with E-state index in [0.717, 1.165) is 32.3 Å². The number of Topliss-reactive ketones (excluding diaryl/α,β-unsaturated/α-hetero) is 1. The average Bonchev–Trinajstić information content (AvgIpc) is 2.84. The molecule has 170 valence electrons. The van der Waals surface area contributed by atoms with Crippen molar-refractivity contribution in [3.8, 4) is 0 Å². The van der Waals surface area contributed by atoms with Crippen molar-refractivity contribution in [3.63, 3.8) is 0 Å². The summed E-state index contributed by atoms with van der Waals surface area (Å²) in [6.45, 7) is 0. The van der Waals surface area contributed by atoms with Gasteiger partial charge in [0.25, 0.3) is 0 Å². The van der Waals surface area contributed by atoms with Gasteiger partial charge in [0, 0.05) is 49.4 Å². The van der Waals surface area contributed by atoms with E-state index < -0.39 is 5.92 Å². The molecule has 1 unspecified atom stereocenters. The highest BCUT2D eigenvalue weighted by molar-refractivity contribution is 9.10. The molecule has 0 amide bonds. The predicted molar refractivity (Wildman–Crippen MR) is 143 cm³/mol. The lowest BCUT2D eigenvalue weighted by molar-refractivity contribution is -0.116. The maximum Gasteiger partial charge on any atom is 0.161 e. The van der Waals surface area contributed by atoms with Crippen LogP contribution in [-0.4, -0.2) is 16.7 Å². The van der Waals surface area contributed by atoms with Gasteiger partial charge in [-0.3, -0.25) is 15.1 Å². The van der Waals surface area contributed by atoms with Crippen molar-refractivity contribution >= 4 is 54.9 Å². The van der Waals surface area contributed by atoms with E-state index in [0.29, 0.717) is 29.6 Å². The number of nitrogens with zero attached hydrogens (tertiary/aromatic N) is 1. The van der Waals surface area contributed by atoms with E-state index in [2.05, 4.69) is 31.9 Å². The number of halogens is 2. The first-order chi connectivity index (χ1) is 16.5. The second kappa shape index (κ2) is 9.35. The highest BCUT2D eigenvalue weighted by Gasteiger charge is 2.43. The van der Waals surface area contributed by atoms with Crippen molar-refractivity contribution < 1.29 is 9.90 Å².